The lowest BCUT2D eigenvalue weighted by atomic mass is 10.2. The number of anilines is 1. The maximum Gasteiger partial charge on any atom is 0.0485 e. The molecule has 0 aromatic heterocycles. The van der Waals surface area contributed by atoms with Gasteiger partial charge in [0.2, 0.25) is 0 Å². The fraction of sp³-hybridized carbons (Fsp3) is 0.200. The minimum absolute atomic E-state index is 0. The molecule has 0 unspecified atom stereocenters. The highest BCUT2D eigenvalue weighted by Crippen LogP contribution is 2.09. The van der Waals surface area contributed by atoms with Gasteiger partial charge in [-0.3, -0.25) is 5.84 Å². The first-order valence-electron chi connectivity index (χ1n) is 4.10. The van der Waals surface area contributed by atoms with E-state index in [2.05, 4.69) is 24.5 Å². The van der Waals surface area contributed by atoms with Crippen molar-refractivity contribution in [3.05, 3.63) is 35.9 Å². The number of nitrogen functional groups attached to an aromatic ring is 1. The Labute approximate surface area is 89.6 Å². The largest absolute Gasteiger partial charge is 0.324 e. The van der Waals surface area contributed by atoms with Crippen molar-refractivity contribution < 1.29 is 0 Å². The van der Waals surface area contributed by atoms with Gasteiger partial charge in [0, 0.05) is 5.69 Å². The zero-order valence-corrected chi connectivity index (χ0v) is 9.37. The van der Waals surface area contributed by atoms with Gasteiger partial charge in [0.25, 0.3) is 0 Å². The van der Waals surface area contributed by atoms with Gasteiger partial charge in [-0.05, 0) is 24.1 Å². The predicted molar refractivity (Wildman–Crippen MR) is 63.9 cm³/mol. The number of rotatable bonds is 3. The Morgan fingerprint density at radius 1 is 1.31 bits per heavy atom. The van der Waals surface area contributed by atoms with Crippen LogP contribution in [-0.4, -0.2) is 0 Å². The van der Waals surface area contributed by atoms with E-state index in [1.807, 2.05) is 24.3 Å². The monoisotopic (exact) mass is 242 g/mol. The fourth-order valence-corrected chi connectivity index (χ4v) is 0.944. The molecule has 2 nitrogen and oxygen atoms in total. The molecule has 0 fully saturated rings. The van der Waals surface area contributed by atoms with E-state index in [-0.39, 0.29) is 17.0 Å². The van der Waals surface area contributed by atoms with Gasteiger partial charge in [-0.2, -0.15) is 0 Å². The number of halogens is 1. The van der Waals surface area contributed by atoms with Gasteiger partial charge in [-0.1, -0.05) is 31.2 Å². The molecule has 1 aromatic carbocycles. The van der Waals surface area contributed by atoms with Crippen molar-refractivity contribution in [3.63, 3.8) is 0 Å². The summed E-state index contributed by atoms with van der Waals surface area (Å²) < 4.78 is 0. The lowest BCUT2D eigenvalue weighted by Gasteiger charge is -1.98. The molecule has 0 heterocycles. The van der Waals surface area contributed by atoms with Crippen molar-refractivity contribution in [2.24, 2.45) is 5.84 Å². The van der Waals surface area contributed by atoms with Gasteiger partial charge in [0.15, 0.2) is 0 Å². The minimum Gasteiger partial charge on any atom is -0.324 e. The first-order valence-corrected chi connectivity index (χ1v) is 4.10. The van der Waals surface area contributed by atoms with E-state index in [0.717, 1.165) is 12.1 Å². The number of hydrogen-bond acceptors (Lipinski definition) is 2. The maximum atomic E-state index is 5.23. The zero-order valence-electron chi connectivity index (χ0n) is 7.66. The number of nitrogens with one attached hydrogen (secondary N) is 1. The van der Waals surface area contributed by atoms with Crippen LogP contribution in [0.3, 0.4) is 0 Å². The van der Waals surface area contributed by atoms with Gasteiger partial charge in [0.05, 0.1) is 0 Å². The molecule has 0 saturated heterocycles. The molecule has 3 N–H and O–H groups in total. The van der Waals surface area contributed by atoms with Crippen molar-refractivity contribution in [3.8, 4) is 0 Å². The third-order valence-corrected chi connectivity index (χ3v) is 1.62. The summed E-state index contributed by atoms with van der Waals surface area (Å²) in [4.78, 5) is 0. The zero-order chi connectivity index (χ0) is 8.81. The van der Waals surface area contributed by atoms with Crippen LogP contribution in [-0.2, 0) is 0 Å². The van der Waals surface area contributed by atoms with Crippen molar-refractivity contribution in [2.75, 3.05) is 5.43 Å². The molecule has 0 spiro atoms. The minimum atomic E-state index is 0. The first-order chi connectivity index (χ1) is 5.86. The molecule has 72 valence electrons. The molecule has 3 heteroatoms. The van der Waals surface area contributed by atoms with Crippen molar-refractivity contribution in [1.29, 1.82) is 0 Å². The number of nitrogens with two attached hydrogens (primary N) is 1. The highest BCUT2D eigenvalue weighted by molar-refractivity contribution is 8.93. The van der Waals surface area contributed by atoms with Crippen LogP contribution in [0, 0.1) is 0 Å². The van der Waals surface area contributed by atoms with E-state index in [4.69, 9.17) is 5.84 Å². The normalized spacial score (nSPS) is 9.69. The molecule has 0 aliphatic rings. The molecule has 0 radical (unpaired) electrons. The van der Waals surface area contributed by atoms with Crippen LogP contribution in [0.25, 0.3) is 6.08 Å². The van der Waals surface area contributed by atoms with E-state index >= 15 is 0 Å². The molecule has 0 aliphatic heterocycles. The van der Waals surface area contributed by atoms with Gasteiger partial charge in [-0.15, -0.1) is 17.0 Å². The van der Waals surface area contributed by atoms with Gasteiger partial charge in [0.1, 0.15) is 0 Å². The van der Waals surface area contributed by atoms with E-state index in [1.54, 1.807) is 0 Å². The molecule has 0 amide bonds. The summed E-state index contributed by atoms with van der Waals surface area (Å²) in [5.41, 5.74) is 4.72. The van der Waals surface area contributed by atoms with E-state index in [9.17, 15) is 0 Å². The Morgan fingerprint density at radius 2 is 1.92 bits per heavy atom. The average Bonchev–Trinajstić information content (AvgIpc) is 2.15. The number of allylic oxidation sites excluding steroid dienone is 1. The molecule has 0 bridgehead atoms. The molecular formula is C10H15BrN2. The molecule has 13 heavy (non-hydrogen) atoms. The van der Waals surface area contributed by atoms with Crippen molar-refractivity contribution in [1.82, 2.24) is 0 Å². The van der Waals surface area contributed by atoms with Crippen LogP contribution in [0.15, 0.2) is 30.3 Å². The lowest BCUT2D eigenvalue weighted by molar-refractivity contribution is 1.23. The topological polar surface area (TPSA) is 38.0 Å². The summed E-state index contributed by atoms with van der Waals surface area (Å²) >= 11 is 0. The number of hydrogen-bond donors (Lipinski definition) is 2. The van der Waals surface area contributed by atoms with E-state index < -0.39 is 0 Å². The van der Waals surface area contributed by atoms with Crippen LogP contribution in [0.4, 0.5) is 5.69 Å². The second-order valence-electron chi connectivity index (χ2n) is 2.58. The summed E-state index contributed by atoms with van der Waals surface area (Å²) in [5.74, 6) is 5.23. The second kappa shape index (κ2) is 6.69. The number of benzene rings is 1. The standard InChI is InChI=1S/C10H14N2.BrH/c1-2-3-4-9-5-7-10(12-11)8-6-9;/h3-8,12H,2,11H2,1H3;1H. The quantitative estimate of drug-likeness (QED) is 0.632. The molecule has 1 aromatic rings. The van der Waals surface area contributed by atoms with Gasteiger partial charge < -0.3 is 5.43 Å². The fourth-order valence-electron chi connectivity index (χ4n) is 0.944. The summed E-state index contributed by atoms with van der Waals surface area (Å²) in [7, 11) is 0. The van der Waals surface area contributed by atoms with Crippen LogP contribution in [0.5, 0.6) is 0 Å². The van der Waals surface area contributed by atoms with Crippen LogP contribution in [0.2, 0.25) is 0 Å². The molecule has 0 aliphatic carbocycles. The summed E-state index contributed by atoms with van der Waals surface area (Å²) in [6.45, 7) is 2.12. The smallest absolute Gasteiger partial charge is 0.0485 e. The highest BCUT2D eigenvalue weighted by atomic mass is 79.9. The van der Waals surface area contributed by atoms with E-state index in [1.165, 1.54) is 5.56 Å². The summed E-state index contributed by atoms with van der Waals surface area (Å²) in [6, 6.07) is 7.97. The van der Waals surface area contributed by atoms with Crippen LogP contribution < -0.4 is 11.3 Å². The summed E-state index contributed by atoms with van der Waals surface area (Å²) in [5, 5.41) is 0. The van der Waals surface area contributed by atoms with Gasteiger partial charge in [-0.25, -0.2) is 0 Å². The van der Waals surface area contributed by atoms with Crippen LogP contribution >= 0.6 is 17.0 Å². The molecule has 1 rings (SSSR count). The average molecular weight is 243 g/mol. The first kappa shape index (κ1) is 12.2. The molecular weight excluding hydrogens is 228 g/mol. The predicted octanol–water partition coefficient (Wildman–Crippen LogP) is 2.97. The van der Waals surface area contributed by atoms with Gasteiger partial charge >= 0.3 is 0 Å². The Morgan fingerprint density at radius 3 is 2.38 bits per heavy atom. The molecule has 0 saturated carbocycles. The van der Waals surface area contributed by atoms with Crippen molar-refractivity contribution in [2.45, 2.75) is 13.3 Å². The van der Waals surface area contributed by atoms with E-state index in [0.29, 0.717) is 0 Å². The Balaban J connectivity index is 0.00000144. The Hall–Kier alpha value is -0.800. The Kier molecular flexibility index (Phi) is 6.28. The third kappa shape index (κ3) is 4.10. The molecule has 0 atom stereocenters. The third-order valence-electron chi connectivity index (χ3n) is 1.62. The highest BCUT2D eigenvalue weighted by Gasteiger charge is 1.87. The lowest BCUT2D eigenvalue weighted by Crippen LogP contribution is -2.05. The second-order valence-corrected chi connectivity index (χ2v) is 2.58. The Bertz CT molecular complexity index is 254. The SMILES string of the molecule is Br.CCC=Cc1ccc(NN)cc1. The van der Waals surface area contributed by atoms with Crippen LogP contribution in [0.1, 0.15) is 18.9 Å². The number of hydrazine groups is 1. The van der Waals surface area contributed by atoms with Crippen molar-refractivity contribution >= 4 is 28.7 Å². The summed E-state index contributed by atoms with van der Waals surface area (Å²) in [6.07, 6.45) is 5.29. The maximum absolute atomic E-state index is 5.23.